The third kappa shape index (κ3) is 3.09. The molecule has 1 unspecified atom stereocenters. The van der Waals surface area contributed by atoms with Crippen molar-refractivity contribution in [2.24, 2.45) is 0 Å². The van der Waals surface area contributed by atoms with E-state index in [9.17, 15) is 9.90 Å². The molecule has 1 atom stereocenters. The van der Waals surface area contributed by atoms with E-state index in [-0.39, 0.29) is 18.1 Å². The van der Waals surface area contributed by atoms with Gasteiger partial charge in [-0.3, -0.25) is 4.79 Å². The highest BCUT2D eigenvalue weighted by atomic mass is 16.5. The third-order valence-corrected chi connectivity index (χ3v) is 4.65. The molecule has 2 heterocycles. The maximum Gasteiger partial charge on any atom is 0.254 e. The number of likely N-dealkylation sites (tertiary alicyclic amines) is 1. The number of aromatic nitrogens is 1. The molecule has 2 fully saturated rings. The number of pyridine rings is 1. The zero-order chi connectivity index (χ0) is 15.7. The molecule has 0 spiro atoms. The first-order valence-electron chi connectivity index (χ1n) is 8.11. The van der Waals surface area contributed by atoms with E-state index in [1.165, 1.54) is 6.42 Å². The van der Waals surface area contributed by atoms with E-state index in [0.717, 1.165) is 25.7 Å². The first-order valence-corrected chi connectivity index (χ1v) is 8.11. The summed E-state index contributed by atoms with van der Waals surface area (Å²) in [5.74, 6) is 0.472. The summed E-state index contributed by atoms with van der Waals surface area (Å²) in [6.07, 6.45) is 6.96. The fourth-order valence-corrected chi connectivity index (χ4v) is 3.18. The van der Waals surface area contributed by atoms with Crippen LogP contribution in [0.2, 0.25) is 0 Å². The smallest absolute Gasteiger partial charge is 0.254 e. The Bertz CT molecular complexity index is 549. The van der Waals surface area contributed by atoms with E-state index < -0.39 is 5.60 Å². The van der Waals surface area contributed by atoms with Crippen LogP contribution in [0.15, 0.2) is 18.3 Å². The second-order valence-corrected chi connectivity index (χ2v) is 6.86. The highest BCUT2D eigenvalue weighted by Gasteiger charge is 2.38. The zero-order valence-electron chi connectivity index (χ0n) is 13.3. The van der Waals surface area contributed by atoms with Crippen molar-refractivity contribution in [1.82, 2.24) is 9.88 Å². The minimum absolute atomic E-state index is 0.0505. The summed E-state index contributed by atoms with van der Waals surface area (Å²) in [6, 6.07) is 3.31. The van der Waals surface area contributed by atoms with Crippen LogP contribution < -0.4 is 4.74 Å². The monoisotopic (exact) mass is 304 g/mol. The summed E-state index contributed by atoms with van der Waals surface area (Å²) in [7, 11) is 0. The molecule has 1 aromatic heterocycles. The first kappa shape index (κ1) is 15.3. The average molecular weight is 304 g/mol. The van der Waals surface area contributed by atoms with Gasteiger partial charge in [-0.2, -0.15) is 0 Å². The van der Waals surface area contributed by atoms with E-state index in [2.05, 4.69) is 4.98 Å². The SMILES string of the molecule is CC(C)(O)C1CCCN1C(=O)c1ccnc(OC2CCC2)c1. The van der Waals surface area contributed by atoms with Gasteiger partial charge >= 0.3 is 0 Å². The fourth-order valence-electron chi connectivity index (χ4n) is 3.18. The van der Waals surface area contributed by atoms with Crippen LogP contribution in [0.5, 0.6) is 5.88 Å². The molecule has 1 saturated carbocycles. The predicted octanol–water partition coefficient (Wildman–Crippen LogP) is 2.39. The van der Waals surface area contributed by atoms with Gasteiger partial charge in [0.2, 0.25) is 5.88 Å². The fraction of sp³-hybridized carbons (Fsp3) is 0.647. The second-order valence-electron chi connectivity index (χ2n) is 6.86. The molecular formula is C17H24N2O3. The molecule has 22 heavy (non-hydrogen) atoms. The molecule has 5 nitrogen and oxygen atoms in total. The standard InChI is InChI=1S/C17H24N2O3/c1-17(2,21)14-7-4-10-19(14)16(20)12-8-9-18-15(11-12)22-13-5-3-6-13/h8-9,11,13-14,21H,3-7,10H2,1-2H3. The molecule has 0 bridgehead atoms. The van der Waals surface area contributed by atoms with Crippen molar-refractivity contribution < 1.29 is 14.6 Å². The molecule has 1 aliphatic carbocycles. The van der Waals surface area contributed by atoms with E-state index in [4.69, 9.17) is 4.74 Å². The molecule has 5 heteroatoms. The van der Waals surface area contributed by atoms with Gasteiger partial charge < -0.3 is 14.7 Å². The topological polar surface area (TPSA) is 62.7 Å². The Morgan fingerprint density at radius 1 is 1.36 bits per heavy atom. The molecule has 120 valence electrons. The van der Waals surface area contributed by atoms with Gasteiger partial charge in [-0.25, -0.2) is 4.98 Å². The Balaban J connectivity index is 1.75. The summed E-state index contributed by atoms with van der Waals surface area (Å²) in [5, 5.41) is 10.3. The average Bonchev–Trinajstić information content (AvgIpc) is 2.92. The summed E-state index contributed by atoms with van der Waals surface area (Å²) in [5.41, 5.74) is -0.301. The van der Waals surface area contributed by atoms with Gasteiger partial charge in [-0.15, -0.1) is 0 Å². The summed E-state index contributed by atoms with van der Waals surface area (Å²) < 4.78 is 5.77. The number of hydrogen-bond donors (Lipinski definition) is 1. The predicted molar refractivity (Wildman–Crippen MR) is 82.9 cm³/mol. The van der Waals surface area contributed by atoms with Crippen LogP contribution in [0.1, 0.15) is 56.3 Å². The number of nitrogens with zero attached hydrogens (tertiary/aromatic N) is 2. The number of carbonyl (C=O) groups is 1. The molecule has 1 aliphatic heterocycles. The van der Waals surface area contributed by atoms with E-state index in [1.54, 1.807) is 37.1 Å². The Hall–Kier alpha value is -1.62. The maximum atomic E-state index is 12.8. The summed E-state index contributed by atoms with van der Waals surface area (Å²) >= 11 is 0. The van der Waals surface area contributed by atoms with Gasteiger partial charge in [0.25, 0.3) is 5.91 Å². The number of ether oxygens (including phenoxy) is 1. The minimum Gasteiger partial charge on any atom is -0.474 e. The minimum atomic E-state index is -0.884. The number of carbonyl (C=O) groups excluding carboxylic acids is 1. The largest absolute Gasteiger partial charge is 0.474 e. The van der Waals surface area contributed by atoms with Crippen molar-refractivity contribution in [3.05, 3.63) is 23.9 Å². The lowest BCUT2D eigenvalue weighted by Gasteiger charge is -2.34. The molecular weight excluding hydrogens is 280 g/mol. The number of rotatable bonds is 4. The Morgan fingerprint density at radius 2 is 2.14 bits per heavy atom. The number of amides is 1. The Morgan fingerprint density at radius 3 is 2.77 bits per heavy atom. The summed E-state index contributed by atoms with van der Waals surface area (Å²) in [4.78, 5) is 18.7. The van der Waals surface area contributed by atoms with Gasteiger partial charge in [0.05, 0.1) is 11.6 Å². The molecule has 1 aromatic rings. The van der Waals surface area contributed by atoms with Crippen molar-refractivity contribution >= 4 is 5.91 Å². The van der Waals surface area contributed by atoms with Crippen molar-refractivity contribution in [3.8, 4) is 5.88 Å². The molecule has 1 amide bonds. The van der Waals surface area contributed by atoms with Crippen LogP contribution in [0.4, 0.5) is 0 Å². The van der Waals surface area contributed by atoms with E-state index in [0.29, 0.717) is 18.0 Å². The van der Waals surface area contributed by atoms with Crippen LogP contribution in [0.3, 0.4) is 0 Å². The molecule has 0 aromatic carbocycles. The molecule has 2 aliphatic rings. The maximum absolute atomic E-state index is 12.8. The zero-order valence-corrected chi connectivity index (χ0v) is 13.3. The van der Waals surface area contributed by atoms with Gasteiger partial charge in [-0.05, 0) is 52.0 Å². The molecule has 3 rings (SSSR count). The molecule has 0 radical (unpaired) electrons. The highest BCUT2D eigenvalue weighted by Crippen LogP contribution is 2.29. The third-order valence-electron chi connectivity index (χ3n) is 4.65. The van der Waals surface area contributed by atoms with Gasteiger partial charge in [0.15, 0.2) is 0 Å². The lowest BCUT2D eigenvalue weighted by atomic mass is 9.96. The Kier molecular flexibility index (Phi) is 4.08. The summed E-state index contributed by atoms with van der Waals surface area (Å²) in [6.45, 7) is 4.22. The number of hydrogen-bond acceptors (Lipinski definition) is 4. The van der Waals surface area contributed by atoms with Crippen molar-refractivity contribution in [1.29, 1.82) is 0 Å². The van der Waals surface area contributed by atoms with Crippen LogP contribution in [-0.2, 0) is 0 Å². The first-order chi connectivity index (χ1) is 10.4. The van der Waals surface area contributed by atoms with Gasteiger partial charge in [-0.1, -0.05) is 0 Å². The lowest BCUT2D eigenvalue weighted by Crippen LogP contribution is -2.48. The normalized spacial score (nSPS) is 22.5. The van der Waals surface area contributed by atoms with E-state index in [1.807, 2.05) is 0 Å². The van der Waals surface area contributed by atoms with Gasteiger partial charge in [0, 0.05) is 24.4 Å². The van der Waals surface area contributed by atoms with Crippen molar-refractivity contribution in [3.63, 3.8) is 0 Å². The lowest BCUT2D eigenvalue weighted by molar-refractivity contribution is 0.000309. The quantitative estimate of drug-likeness (QED) is 0.927. The van der Waals surface area contributed by atoms with Gasteiger partial charge in [0.1, 0.15) is 6.10 Å². The molecule has 1 N–H and O–H groups in total. The van der Waals surface area contributed by atoms with Crippen LogP contribution in [-0.4, -0.2) is 45.2 Å². The van der Waals surface area contributed by atoms with Crippen LogP contribution in [0, 0.1) is 0 Å². The van der Waals surface area contributed by atoms with E-state index >= 15 is 0 Å². The Labute approximate surface area is 131 Å². The van der Waals surface area contributed by atoms with Crippen molar-refractivity contribution in [2.75, 3.05) is 6.54 Å². The van der Waals surface area contributed by atoms with Crippen molar-refractivity contribution in [2.45, 2.75) is 63.7 Å². The van der Waals surface area contributed by atoms with Crippen LogP contribution in [0.25, 0.3) is 0 Å². The molecule has 1 saturated heterocycles. The van der Waals surface area contributed by atoms with Crippen LogP contribution >= 0.6 is 0 Å². The number of aliphatic hydroxyl groups is 1. The second kappa shape index (κ2) is 5.88. The highest BCUT2D eigenvalue weighted by molar-refractivity contribution is 5.94.